The van der Waals surface area contributed by atoms with Crippen LogP contribution in [0, 0.1) is 0 Å². The molecule has 1 aromatic heterocycles. The van der Waals surface area contributed by atoms with Gasteiger partial charge in [0.1, 0.15) is 5.82 Å². The molecule has 5 nitrogen and oxygen atoms in total. The van der Waals surface area contributed by atoms with Gasteiger partial charge in [0, 0.05) is 18.3 Å². The van der Waals surface area contributed by atoms with Gasteiger partial charge in [-0.05, 0) is 43.5 Å². The van der Waals surface area contributed by atoms with E-state index in [-0.39, 0.29) is 11.9 Å². The largest absolute Gasteiger partial charge is 0.369 e. The Morgan fingerprint density at radius 1 is 1.21 bits per heavy atom. The first kappa shape index (κ1) is 16.4. The molecular formula is C19H24N4O. The van der Waals surface area contributed by atoms with Crippen molar-refractivity contribution in [3.05, 3.63) is 47.7 Å². The van der Waals surface area contributed by atoms with Gasteiger partial charge in [-0.15, -0.1) is 10.2 Å². The molecule has 0 bridgehead atoms. The lowest BCUT2D eigenvalue weighted by molar-refractivity contribution is 0.0975. The molecule has 0 saturated heterocycles. The van der Waals surface area contributed by atoms with Crippen LogP contribution in [-0.2, 0) is 6.42 Å². The lowest BCUT2D eigenvalue weighted by Crippen LogP contribution is -2.36. The van der Waals surface area contributed by atoms with Gasteiger partial charge < -0.3 is 10.2 Å². The molecule has 1 N–H and O–H groups in total. The Morgan fingerprint density at radius 2 is 2.04 bits per heavy atom. The fourth-order valence-electron chi connectivity index (χ4n) is 3.13. The third-order valence-electron chi connectivity index (χ3n) is 4.40. The van der Waals surface area contributed by atoms with E-state index in [0.717, 1.165) is 30.9 Å². The number of benzene rings is 1. The standard InChI is InChI=1S/C19H24N4O/c1-3-4-7-12-20-18-11-10-16(21-22-18)19(24)23-14(2)13-15-8-5-6-9-17(15)23/h5-6,8-11,14H,3-4,7,12-13H2,1-2H3,(H,20,22). The number of hydrogen-bond acceptors (Lipinski definition) is 4. The van der Waals surface area contributed by atoms with E-state index in [1.165, 1.54) is 18.4 Å². The van der Waals surface area contributed by atoms with Crippen LogP contribution in [-0.4, -0.2) is 28.7 Å². The zero-order valence-electron chi connectivity index (χ0n) is 14.3. The zero-order chi connectivity index (χ0) is 16.9. The van der Waals surface area contributed by atoms with Crippen molar-refractivity contribution in [1.82, 2.24) is 10.2 Å². The van der Waals surface area contributed by atoms with E-state index < -0.39 is 0 Å². The molecule has 1 aliphatic rings. The van der Waals surface area contributed by atoms with Crippen LogP contribution in [0.1, 0.15) is 49.2 Å². The average Bonchev–Trinajstić information content (AvgIpc) is 2.94. The second kappa shape index (κ2) is 7.43. The highest BCUT2D eigenvalue weighted by atomic mass is 16.2. The highest BCUT2D eigenvalue weighted by molar-refractivity contribution is 6.06. The monoisotopic (exact) mass is 324 g/mol. The van der Waals surface area contributed by atoms with Crippen molar-refractivity contribution < 1.29 is 4.79 Å². The van der Waals surface area contributed by atoms with Gasteiger partial charge in [-0.2, -0.15) is 0 Å². The summed E-state index contributed by atoms with van der Waals surface area (Å²) in [7, 11) is 0. The Bertz CT molecular complexity index is 699. The molecule has 5 heteroatoms. The number of rotatable bonds is 6. The number of fused-ring (bicyclic) bond motifs is 1. The Labute approximate surface area is 143 Å². The van der Waals surface area contributed by atoms with Gasteiger partial charge in [0.05, 0.1) is 0 Å². The van der Waals surface area contributed by atoms with Crippen molar-refractivity contribution in [2.24, 2.45) is 0 Å². The van der Waals surface area contributed by atoms with Crippen LogP contribution in [0.4, 0.5) is 11.5 Å². The van der Waals surface area contributed by atoms with Gasteiger partial charge >= 0.3 is 0 Å². The molecule has 1 atom stereocenters. The Balaban J connectivity index is 1.69. The molecule has 0 saturated carbocycles. The fraction of sp³-hybridized carbons (Fsp3) is 0.421. The molecule has 24 heavy (non-hydrogen) atoms. The number of anilines is 2. The van der Waals surface area contributed by atoms with Crippen LogP contribution in [0.2, 0.25) is 0 Å². The molecule has 0 spiro atoms. The maximum Gasteiger partial charge on any atom is 0.279 e. The summed E-state index contributed by atoms with van der Waals surface area (Å²) < 4.78 is 0. The summed E-state index contributed by atoms with van der Waals surface area (Å²) in [5, 5.41) is 11.5. The van der Waals surface area contributed by atoms with Gasteiger partial charge in [-0.1, -0.05) is 38.0 Å². The summed E-state index contributed by atoms with van der Waals surface area (Å²) in [6.45, 7) is 5.12. The van der Waals surface area contributed by atoms with E-state index in [4.69, 9.17) is 0 Å². The van der Waals surface area contributed by atoms with E-state index in [1.807, 2.05) is 29.2 Å². The van der Waals surface area contributed by atoms with E-state index >= 15 is 0 Å². The minimum Gasteiger partial charge on any atom is -0.369 e. The second-order valence-electron chi connectivity index (χ2n) is 6.29. The first-order valence-corrected chi connectivity index (χ1v) is 8.69. The summed E-state index contributed by atoms with van der Waals surface area (Å²) >= 11 is 0. The van der Waals surface area contributed by atoms with Crippen molar-refractivity contribution in [1.29, 1.82) is 0 Å². The number of amides is 1. The summed E-state index contributed by atoms with van der Waals surface area (Å²) in [5.74, 6) is 0.634. The van der Waals surface area contributed by atoms with Crippen molar-refractivity contribution in [2.75, 3.05) is 16.8 Å². The number of para-hydroxylation sites is 1. The number of carbonyl (C=O) groups excluding carboxylic acids is 1. The lowest BCUT2D eigenvalue weighted by Gasteiger charge is -2.22. The minimum absolute atomic E-state index is 0.0857. The molecule has 3 rings (SSSR count). The van der Waals surface area contributed by atoms with Crippen LogP contribution in [0.3, 0.4) is 0 Å². The SMILES string of the molecule is CCCCCNc1ccc(C(=O)N2c3ccccc3CC2C)nn1. The number of carbonyl (C=O) groups is 1. The van der Waals surface area contributed by atoms with Gasteiger partial charge in [0.2, 0.25) is 0 Å². The van der Waals surface area contributed by atoms with Crippen LogP contribution in [0.25, 0.3) is 0 Å². The fourth-order valence-corrected chi connectivity index (χ4v) is 3.13. The molecule has 2 aromatic rings. The topological polar surface area (TPSA) is 58.1 Å². The lowest BCUT2D eigenvalue weighted by atomic mass is 10.1. The molecular weight excluding hydrogens is 300 g/mol. The molecule has 0 radical (unpaired) electrons. The van der Waals surface area contributed by atoms with Gasteiger partial charge in [0.15, 0.2) is 5.69 Å². The first-order chi connectivity index (χ1) is 11.7. The molecule has 2 heterocycles. The van der Waals surface area contributed by atoms with E-state index in [1.54, 1.807) is 6.07 Å². The number of nitrogens with one attached hydrogen (secondary N) is 1. The number of unbranched alkanes of at least 4 members (excludes halogenated alkanes) is 2. The van der Waals surface area contributed by atoms with Gasteiger partial charge in [-0.3, -0.25) is 4.79 Å². The molecule has 1 aromatic carbocycles. The Kier molecular flexibility index (Phi) is 5.08. The maximum atomic E-state index is 12.8. The second-order valence-corrected chi connectivity index (χ2v) is 6.29. The van der Waals surface area contributed by atoms with Crippen molar-refractivity contribution >= 4 is 17.4 Å². The Morgan fingerprint density at radius 3 is 2.79 bits per heavy atom. The Hall–Kier alpha value is -2.43. The molecule has 126 valence electrons. The summed E-state index contributed by atoms with van der Waals surface area (Å²) in [6, 6.07) is 11.8. The highest BCUT2D eigenvalue weighted by Gasteiger charge is 2.31. The number of aromatic nitrogens is 2. The van der Waals surface area contributed by atoms with E-state index in [2.05, 4.69) is 35.4 Å². The van der Waals surface area contributed by atoms with Crippen molar-refractivity contribution in [2.45, 2.75) is 45.6 Å². The summed E-state index contributed by atoms with van der Waals surface area (Å²) in [6.07, 6.45) is 4.38. The molecule has 0 aliphatic carbocycles. The molecule has 1 unspecified atom stereocenters. The smallest absolute Gasteiger partial charge is 0.279 e. The van der Waals surface area contributed by atoms with Crippen LogP contribution in [0.5, 0.6) is 0 Å². The van der Waals surface area contributed by atoms with E-state index in [9.17, 15) is 4.79 Å². The van der Waals surface area contributed by atoms with Gasteiger partial charge in [-0.25, -0.2) is 0 Å². The molecule has 1 aliphatic heterocycles. The normalized spacial score (nSPS) is 16.1. The van der Waals surface area contributed by atoms with Crippen molar-refractivity contribution in [3.8, 4) is 0 Å². The third-order valence-corrected chi connectivity index (χ3v) is 4.40. The van der Waals surface area contributed by atoms with Gasteiger partial charge in [0.25, 0.3) is 5.91 Å². The van der Waals surface area contributed by atoms with E-state index in [0.29, 0.717) is 5.69 Å². The summed E-state index contributed by atoms with van der Waals surface area (Å²) in [5.41, 5.74) is 2.58. The predicted molar refractivity (Wildman–Crippen MR) is 96.5 cm³/mol. The van der Waals surface area contributed by atoms with Crippen LogP contribution in [0.15, 0.2) is 36.4 Å². The van der Waals surface area contributed by atoms with Crippen molar-refractivity contribution in [3.63, 3.8) is 0 Å². The van der Waals surface area contributed by atoms with Crippen LogP contribution < -0.4 is 10.2 Å². The maximum absolute atomic E-state index is 12.8. The number of nitrogens with zero attached hydrogens (tertiary/aromatic N) is 3. The minimum atomic E-state index is -0.0857. The van der Waals surface area contributed by atoms with Crippen LogP contribution >= 0.6 is 0 Å². The quantitative estimate of drug-likeness (QED) is 0.824. The molecule has 1 amide bonds. The highest BCUT2D eigenvalue weighted by Crippen LogP contribution is 2.32. The predicted octanol–water partition coefficient (Wildman–Crippen LogP) is 3.67. The molecule has 0 fully saturated rings. The third kappa shape index (κ3) is 3.40. The summed E-state index contributed by atoms with van der Waals surface area (Å²) in [4.78, 5) is 14.7. The first-order valence-electron chi connectivity index (χ1n) is 8.69. The number of hydrogen-bond donors (Lipinski definition) is 1. The zero-order valence-corrected chi connectivity index (χ0v) is 14.3. The average molecular weight is 324 g/mol.